The maximum atomic E-state index is 5.61. The quantitative estimate of drug-likeness (QED) is 0.811. The molecule has 0 saturated carbocycles. The summed E-state index contributed by atoms with van der Waals surface area (Å²) in [6, 6.07) is 8.65. The van der Waals surface area contributed by atoms with Crippen LogP contribution in [0.1, 0.15) is 37.4 Å². The number of nitrogens with one attached hydrogen (secondary N) is 1. The summed E-state index contributed by atoms with van der Waals surface area (Å²) in [7, 11) is 1.95. The minimum Gasteiger partial charge on any atom is -0.494 e. The van der Waals surface area contributed by atoms with E-state index < -0.39 is 0 Å². The van der Waals surface area contributed by atoms with Crippen LogP contribution >= 0.6 is 0 Å². The molecule has 0 amide bonds. The first-order valence-corrected chi connectivity index (χ1v) is 7.66. The lowest BCUT2D eigenvalue weighted by Gasteiger charge is -2.19. The summed E-state index contributed by atoms with van der Waals surface area (Å²) in [6.07, 6.45) is 6.07. The monoisotopic (exact) mass is 287 g/mol. The van der Waals surface area contributed by atoms with Crippen molar-refractivity contribution in [1.82, 2.24) is 15.1 Å². The molecule has 1 unspecified atom stereocenters. The molecule has 0 radical (unpaired) electrons. The minimum absolute atomic E-state index is 0.287. The summed E-state index contributed by atoms with van der Waals surface area (Å²) in [6.45, 7) is 5.89. The van der Waals surface area contributed by atoms with E-state index in [0.717, 1.165) is 25.1 Å². The molecule has 114 valence electrons. The van der Waals surface area contributed by atoms with E-state index in [1.165, 1.54) is 11.1 Å². The van der Waals surface area contributed by atoms with Crippen molar-refractivity contribution in [2.24, 2.45) is 7.05 Å². The van der Waals surface area contributed by atoms with Gasteiger partial charge in [-0.1, -0.05) is 19.1 Å². The largest absolute Gasteiger partial charge is 0.494 e. The molecular weight excluding hydrogens is 262 g/mol. The van der Waals surface area contributed by atoms with Gasteiger partial charge in [0, 0.05) is 19.3 Å². The maximum Gasteiger partial charge on any atom is 0.119 e. The Kier molecular flexibility index (Phi) is 5.81. The molecular formula is C17H25N3O. The molecule has 0 fully saturated rings. The highest BCUT2D eigenvalue weighted by atomic mass is 16.5. The van der Waals surface area contributed by atoms with Crippen molar-refractivity contribution >= 4 is 0 Å². The topological polar surface area (TPSA) is 39.1 Å². The van der Waals surface area contributed by atoms with E-state index in [4.69, 9.17) is 4.74 Å². The number of aromatic nitrogens is 2. The van der Waals surface area contributed by atoms with Crippen molar-refractivity contribution in [2.75, 3.05) is 13.2 Å². The first kappa shape index (κ1) is 15.6. The number of aryl methyl sites for hydroxylation is 1. The van der Waals surface area contributed by atoms with Gasteiger partial charge in [0.2, 0.25) is 0 Å². The molecule has 1 aromatic carbocycles. The van der Waals surface area contributed by atoms with Crippen LogP contribution in [0.2, 0.25) is 0 Å². The van der Waals surface area contributed by atoms with Gasteiger partial charge in [-0.05, 0) is 49.6 Å². The Labute approximate surface area is 127 Å². The van der Waals surface area contributed by atoms with Crippen LogP contribution in [0.5, 0.6) is 5.75 Å². The van der Waals surface area contributed by atoms with Gasteiger partial charge < -0.3 is 10.1 Å². The summed E-state index contributed by atoms with van der Waals surface area (Å²) >= 11 is 0. The molecule has 2 rings (SSSR count). The van der Waals surface area contributed by atoms with Crippen molar-refractivity contribution in [2.45, 2.75) is 32.7 Å². The van der Waals surface area contributed by atoms with Gasteiger partial charge in [-0.15, -0.1) is 0 Å². The normalized spacial score (nSPS) is 12.3. The first-order chi connectivity index (χ1) is 10.2. The second-order valence-electron chi connectivity index (χ2n) is 5.24. The Balaban J connectivity index is 2.16. The Hall–Kier alpha value is -1.81. The Bertz CT molecular complexity index is 550. The standard InChI is InChI=1S/C17H25N3O/c1-4-9-18-17(10-14-12-19-20(3)13-14)15-7-6-8-16(11-15)21-5-2/h6-8,11-13,17-18H,4-5,9-10H2,1-3H3. The molecule has 4 nitrogen and oxygen atoms in total. The molecule has 0 aliphatic rings. The van der Waals surface area contributed by atoms with Crippen LogP contribution in [0.4, 0.5) is 0 Å². The van der Waals surface area contributed by atoms with Gasteiger partial charge in [0.1, 0.15) is 5.75 Å². The molecule has 1 heterocycles. The predicted molar refractivity (Wildman–Crippen MR) is 85.6 cm³/mol. The maximum absolute atomic E-state index is 5.61. The average molecular weight is 287 g/mol. The molecule has 1 aromatic heterocycles. The van der Waals surface area contributed by atoms with E-state index in [0.29, 0.717) is 6.61 Å². The molecule has 1 N–H and O–H groups in total. The highest BCUT2D eigenvalue weighted by Gasteiger charge is 2.13. The third-order valence-corrected chi connectivity index (χ3v) is 3.41. The summed E-state index contributed by atoms with van der Waals surface area (Å²) in [5.41, 5.74) is 2.51. The van der Waals surface area contributed by atoms with Gasteiger partial charge in [-0.2, -0.15) is 5.10 Å². The van der Waals surface area contributed by atoms with Crippen LogP contribution in [-0.4, -0.2) is 22.9 Å². The van der Waals surface area contributed by atoms with Gasteiger partial charge in [0.25, 0.3) is 0 Å². The van der Waals surface area contributed by atoms with Crippen molar-refractivity contribution in [3.05, 3.63) is 47.8 Å². The first-order valence-electron chi connectivity index (χ1n) is 7.66. The zero-order chi connectivity index (χ0) is 15.1. The van der Waals surface area contributed by atoms with Crippen molar-refractivity contribution in [1.29, 1.82) is 0 Å². The molecule has 0 aliphatic carbocycles. The lowest BCUT2D eigenvalue weighted by molar-refractivity contribution is 0.339. The van der Waals surface area contributed by atoms with Crippen LogP contribution < -0.4 is 10.1 Å². The molecule has 1 atom stereocenters. The van der Waals surface area contributed by atoms with Gasteiger partial charge in [-0.25, -0.2) is 0 Å². The molecule has 0 spiro atoms. The van der Waals surface area contributed by atoms with Crippen molar-refractivity contribution < 1.29 is 4.74 Å². The summed E-state index contributed by atoms with van der Waals surface area (Å²) in [5, 5.41) is 7.88. The highest BCUT2D eigenvalue weighted by molar-refractivity contribution is 5.31. The molecule has 21 heavy (non-hydrogen) atoms. The number of nitrogens with zero attached hydrogens (tertiary/aromatic N) is 2. The summed E-state index contributed by atoms with van der Waals surface area (Å²) in [4.78, 5) is 0. The van der Waals surface area contributed by atoms with Gasteiger partial charge in [0.15, 0.2) is 0 Å². The van der Waals surface area contributed by atoms with Crippen LogP contribution in [-0.2, 0) is 13.5 Å². The second kappa shape index (κ2) is 7.84. The van der Waals surface area contributed by atoms with Gasteiger partial charge >= 0.3 is 0 Å². The molecule has 0 bridgehead atoms. The highest BCUT2D eigenvalue weighted by Crippen LogP contribution is 2.22. The number of ether oxygens (including phenoxy) is 1. The number of rotatable bonds is 8. The van der Waals surface area contributed by atoms with Gasteiger partial charge in [0.05, 0.1) is 12.8 Å². The lowest BCUT2D eigenvalue weighted by Crippen LogP contribution is -2.24. The van der Waals surface area contributed by atoms with E-state index >= 15 is 0 Å². The number of hydrogen-bond donors (Lipinski definition) is 1. The lowest BCUT2D eigenvalue weighted by atomic mass is 10.0. The fourth-order valence-electron chi connectivity index (χ4n) is 2.43. The van der Waals surface area contributed by atoms with E-state index in [2.05, 4.69) is 41.7 Å². The second-order valence-corrected chi connectivity index (χ2v) is 5.24. The van der Waals surface area contributed by atoms with E-state index in [9.17, 15) is 0 Å². The van der Waals surface area contributed by atoms with Crippen LogP contribution in [0.25, 0.3) is 0 Å². The Morgan fingerprint density at radius 1 is 1.33 bits per heavy atom. The number of benzene rings is 1. The predicted octanol–water partition coefficient (Wildman–Crippen LogP) is 3.10. The van der Waals surface area contributed by atoms with Gasteiger partial charge in [-0.3, -0.25) is 4.68 Å². The third kappa shape index (κ3) is 4.60. The van der Waals surface area contributed by atoms with Crippen LogP contribution in [0.15, 0.2) is 36.7 Å². The van der Waals surface area contributed by atoms with Crippen molar-refractivity contribution in [3.8, 4) is 5.75 Å². The SMILES string of the molecule is CCCNC(Cc1cnn(C)c1)c1cccc(OCC)c1. The van der Waals surface area contributed by atoms with E-state index in [1.807, 2.05) is 30.9 Å². The molecule has 2 aromatic rings. The molecule has 4 heteroatoms. The minimum atomic E-state index is 0.287. The van der Waals surface area contributed by atoms with Crippen LogP contribution in [0.3, 0.4) is 0 Å². The Morgan fingerprint density at radius 2 is 2.19 bits per heavy atom. The van der Waals surface area contributed by atoms with E-state index in [1.54, 1.807) is 0 Å². The van der Waals surface area contributed by atoms with E-state index in [-0.39, 0.29) is 6.04 Å². The fourth-order valence-corrected chi connectivity index (χ4v) is 2.43. The zero-order valence-electron chi connectivity index (χ0n) is 13.2. The molecule has 0 saturated heterocycles. The average Bonchev–Trinajstić information content (AvgIpc) is 2.89. The van der Waals surface area contributed by atoms with Crippen molar-refractivity contribution in [3.63, 3.8) is 0 Å². The number of hydrogen-bond acceptors (Lipinski definition) is 3. The Morgan fingerprint density at radius 3 is 2.86 bits per heavy atom. The zero-order valence-corrected chi connectivity index (χ0v) is 13.2. The molecule has 0 aliphatic heterocycles. The summed E-state index contributed by atoms with van der Waals surface area (Å²) < 4.78 is 7.46. The third-order valence-electron chi connectivity index (χ3n) is 3.41. The fraction of sp³-hybridized carbons (Fsp3) is 0.471. The summed E-state index contributed by atoms with van der Waals surface area (Å²) in [5.74, 6) is 0.935. The smallest absolute Gasteiger partial charge is 0.119 e. The van der Waals surface area contributed by atoms with Crippen LogP contribution in [0, 0.1) is 0 Å².